The summed E-state index contributed by atoms with van der Waals surface area (Å²) < 4.78 is 13.2. The van der Waals surface area contributed by atoms with E-state index >= 15 is 0 Å². The first-order valence-electron chi connectivity index (χ1n) is 8.12. The molecule has 4 nitrogen and oxygen atoms in total. The van der Waals surface area contributed by atoms with E-state index < -0.39 is 0 Å². The predicted octanol–water partition coefficient (Wildman–Crippen LogP) is 2.66. The highest BCUT2D eigenvalue weighted by molar-refractivity contribution is 5.74. The number of fused-ring (bicyclic) bond motifs is 1. The summed E-state index contributed by atoms with van der Waals surface area (Å²) in [6, 6.07) is 4.55. The number of nitrogens with one attached hydrogen (secondary N) is 2. The molecule has 2 aliphatic carbocycles. The molecule has 0 heterocycles. The van der Waals surface area contributed by atoms with E-state index in [9.17, 15) is 14.3 Å². The van der Waals surface area contributed by atoms with Crippen molar-refractivity contribution in [2.24, 2.45) is 5.92 Å². The summed E-state index contributed by atoms with van der Waals surface area (Å²) in [5.74, 6) is 0.138. The van der Waals surface area contributed by atoms with Crippen LogP contribution in [-0.4, -0.2) is 23.8 Å². The van der Waals surface area contributed by atoms with E-state index in [1.807, 2.05) is 0 Å². The Morgan fingerprint density at radius 1 is 1.32 bits per heavy atom. The van der Waals surface area contributed by atoms with Crippen molar-refractivity contribution in [3.8, 4) is 0 Å². The maximum atomic E-state index is 13.2. The lowest BCUT2D eigenvalue weighted by atomic mass is 9.87. The third-order valence-electron chi connectivity index (χ3n) is 4.79. The number of hydrogen-bond donors (Lipinski definition) is 3. The van der Waals surface area contributed by atoms with Crippen molar-refractivity contribution in [1.29, 1.82) is 0 Å². The van der Waals surface area contributed by atoms with Gasteiger partial charge in [0.2, 0.25) is 0 Å². The predicted molar refractivity (Wildman–Crippen MR) is 82.0 cm³/mol. The van der Waals surface area contributed by atoms with Gasteiger partial charge in [-0.15, -0.1) is 0 Å². The first-order chi connectivity index (χ1) is 10.6. The van der Waals surface area contributed by atoms with Crippen LogP contribution in [0.2, 0.25) is 0 Å². The molecule has 1 aromatic rings. The molecule has 1 saturated carbocycles. The number of carbonyl (C=O) groups is 1. The number of carbonyl (C=O) groups excluding carboxylic acids is 1. The molecule has 1 aromatic carbocycles. The van der Waals surface area contributed by atoms with Crippen molar-refractivity contribution in [2.75, 3.05) is 6.54 Å². The molecule has 3 N–H and O–H groups in total. The fourth-order valence-corrected chi connectivity index (χ4v) is 3.63. The lowest BCUT2D eigenvalue weighted by molar-refractivity contribution is 0.101. The number of amides is 2. The molecule has 2 aliphatic rings. The van der Waals surface area contributed by atoms with Gasteiger partial charge in [-0.3, -0.25) is 0 Å². The average molecular weight is 306 g/mol. The monoisotopic (exact) mass is 306 g/mol. The summed E-state index contributed by atoms with van der Waals surface area (Å²) in [6.07, 6.45) is 5.12. The summed E-state index contributed by atoms with van der Waals surface area (Å²) in [5.41, 5.74) is 2.00. The quantitative estimate of drug-likeness (QED) is 0.804. The molecule has 0 aliphatic heterocycles. The van der Waals surface area contributed by atoms with Crippen molar-refractivity contribution in [3.05, 3.63) is 35.1 Å². The van der Waals surface area contributed by atoms with Crippen molar-refractivity contribution in [3.63, 3.8) is 0 Å². The zero-order valence-corrected chi connectivity index (χ0v) is 12.6. The van der Waals surface area contributed by atoms with Crippen molar-refractivity contribution < 1.29 is 14.3 Å². The van der Waals surface area contributed by atoms with E-state index in [1.54, 1.807) is 12.1 Å². The molecule has 0 spiro atoms. The second kappa shape index (κ2) is 6.65. The SMILES string of the molecule is O=C(NCC1CCCC(O)C1)NC1CCc2cc(F)ccc21. The Bertz CT molecular complexity index is 549. The second-order valence-corrected chi connectivity index (χ2v) is 6.48. The minimum Gasteiger partial charge on any atom is -0.393 e. The van der Waals surface area contributed by atoms with Crippen molar-refractivity contribution in [2.45, 2.75) is 50.7 Å². The Morgan fingerprint density at radius 3 is 3.00 bits per heavy atom. The molecule has 3 unspecified atom stereocenters. The molecule has 2 amide bonds. The third-order valence-corrected chi connectivity index (χ3v) is 4.79. The molecule has 0 radical (unpaired) electrons. The van der Waals surface area contributed by atoms with E-state index in [0.29, 0.717) is 12.5 Å². The second-order valence-electron chi connectivity index (χ2n) is 6.48. The topological polar surface area (TPSA) is 61.4 Å². The van der Waals surface area contributed by atoms with Gasteiger partial charge >= 0.3 is 6.03 Å². The van der Waals surface area contributed by atoms with E-state index in [4.69, 9.17) is 0 Å². The van der Waals surface area contributed by atoms with Crippen LogP contribution in [0.3, 0.4) is 0 Å². The maximum absolute atomic E-state index is 13.2. The van der Waals surface area contributed by atoms with Gasteiger partial charge in [0.25, 0.3) is 0 Å². The molecule has 1 fully saturated rings. The van der Waals surface area contributed by atoms with Gasteiger partial charge in [-0.05, 0) is 61.3 Å². The van der Waals surface area contributed by atoms with Crippen molar-refractivity contribution >= 4 is 6.03 Å². The Hall–Kier alpha value is -1.62. The van der Waals surface area contributed by atoms with Gasteiger partial charge < -0.3 is 15.7 Å². The first-order valence-corrected chi connectivity index (χ1v) is 8.12. The molecule has 0 saturated heterocycles. The number of aliphatic hydroxyl groups excluding tert-OH is 1. The molecule has 0 aromatic heterocycles. The molecular formula is C17H23FN2O2. The fourth-order valence-electron chi connectivity index (χ4n) is 3.63. The Labute approximate surface area is 130 Å². The van der Waals surface area contributed by atoms with Crippen LogP contribution in [0.1, 0.15) is 49.3 Å². The normalized spacial score (nSPS) is 27.3. The van der Waals surface area contributed by atoms with Crippen LogP contribution in [0, 0.1) is 11.7 Å². The number of halogens is 1. The van der Waals surface area contributed by atoms with Gasteiger partial charge in [0.05, 0.1) is 12.1 Å². The molecule has 3 atom stereocenters. The van der Waals surface area contributed by atoms with E-state index in [-0.39, 0.29) is 24.0 Å². The summed E-state index contributed by atoms with van der Waals surface area (Å²) >= 11 is 0. The summed E-state index contributed by atoms with van der Waals surface area (Å²) in [6.45, 7) is 0.603. The number of urea groups is 1. The fraction of sp³-hybridized carbons (Fsp3) is 0.588. The van der Waals surface area contributed by atoms with Gasteiger partial charge in [0, 0.05) is 6.54 Å². The minimum absolute atomic E-state index is 0.0347. The Kier molecular flexibility index (Phi) is 4.62. The van der Waals surface area contributed by atoms with Crippen molar-refractivity contribution in [1.82, 2.24) is 10.6 Å². The van der Waals surface area contributed by atoms with Crippen LogP contribution in [0.25, 0.3) is 0 Å². The highest BCUT2D eigenvalue weighted by atomic mass is 19.1. The standard InChI is InChI=1S/C17H23FN2O2/c18-13-5-6-15-12(9-13)4-7-16(15)20-17(22)19-10-11-2-1-3-14(21)8-11/h5-6,9,11,14,16,21H,1-4,7-8,10H2,(H2,19,20,22). The number of hydrogen-bond acceptors (Lipinski definition) is 2. The molecule has 120 valence electrons. The number of aryl methyl sites for hydroxylation is 1. The van der Waals surface area contributed by atoms with Crippen LogP contribution >= 0.6 is 0 Å². The zero-order valence-electron chi connectivity index (χ0n) is 12.6. The van der Waals surface area contributed by atoms with E-state index in [0.717, 1.165) is 49.7 Å². The van der Waals surface area contributed by atoms with Gasteiger partial charge in [-0.2, -0.15) is 0 Å². The molecular weight excluding hydrogens is 283 g/mol. The highest BCUT2D eigenvalue weighted by Gasteiger charge is 2.25. The number of benzene rings is 1. The average Bonchev–Trinajstić information content (AvgIpc) is 2.87. The van der Waals surface area contributed by atoms with Gasteiger partial charge in [0.15, 0.2) is 0 Å². The number of rotatable bonds is 3. The third kappa shape index (κ3) is 3.58. The van der Waals surface area contributed by atoms with Crippen LogP contribution in [0.5, 0.6) is 0 Å². The molecule has 0 bridgehead atoms. The van der Waals surface area contributed by atoms with Crippen LogP contribution in [0.15, 0.2) is 18.2 Å². The van der Waals surface area contributed by atoms with Gasteiger partial charge in [-0.1, -0.05) is 12.5 Å². The van der Waals surface area contributed by atoms with Crippen LogP contribution < -0.4 is 10.6 Å². The summed E-state index contributed by atoms with van der Waals surface area (Å²) in [5, 5.41) is 15.5. The lowest BCUT2D eigenvalue weighted by Gasteiger charge is -2.26. The van der Waals surface area contributed by atoms with E-state index in [1.165, 1.54) is 6.07 Å². The lowest BCUT2D eigenvalue weighted by Crippen LogP contribution is -2.40. The zero-order chi connectivity index (χ0) is 15.5. The maximum Gasteiger partial charge on any atom is 0.315 e. The smallest absolute Gasteiger partial charge is 0.315 e. The summed E-state index contributed by atoms with van der Waals surface area (Å²) in [4.78, 5) is 12.0. The summed E-state index contributed by atoms with van der Waals surface area (Å²) in [7, 11) is 0. The molecule has 3 rings (SSSR count). The Morgan fingerprint density at radius 2 is 2.18 bits per heavy atom. The molecule has 5 heteroatoms. The largest absolute Gasteiger partial charge is 0.393 e. The molecule has 22 heavy (non-hydrogen) atoms. The first kappa shape index (κ1) is 15.3. The van der Waals surface area contributed by atoms with Gasteiger partial charge in [0.1, 0.15) is 5.82 Å². The van der Waals surface area contributed by atoms with Crippen LogP contribution in [0.4, 0.5) is 9.18 Å². The highest BCUT2D eigenvalue weighted by Crippen LogP contribution is 2.31. The van der Waals surface area contributed by atoms with E-state index in [2.05, 4.69) is 10.6 Å². The van der Waals surface area contributed by atoms with Crippen LogP contribution in [-0.2, 0) is 6.42 Å². The minimum atomic E-state index is -0.222. The van der Waals surface area contributed by atoms with Gasteiger partial charge in [-0.25, -0.2) is 9.18 Å². The Balaban J connectivity index is 1.49. The number of aliphatic hydroxyl groups is 1.